The number of nitrogens with zero attached hydrogens (tertiary/aromatic N) is 2. The first kappa shape index (κ1) is 23.3. The molecule has 148 valence electrons. The topological polar surface area (TPSA) is 118 Å². The fourth-order valence-corrected chi connectivity index (χ4v) is 2.62. The van der Waals surface area contributed by atoms with Gasteiger partial charge in [-0.05, 0) is 31.2 Å². The van der Waals surface area contributed by atoms with Crippen LogP contribution in [-0.4, -0.2) is 38.0 Å². The summed E-state index contributed by atoms with van der Waals surface area (Å²) in [4.78, 5) is 23.4. The monoisotopic (exact) mass is 427 g/mol. The number of aromatic carboxylic acids is 1. The Morgan fingerprint density at radius 1 is 1.31 bits per heavy atom. The van der Waals surface area contributed by atoms with Gasteiger partial charge in [-0.3, -0.25) is 4.79 Å². The maximum absolute atomic E-state index is 14.4. The number of aromatic hydroxyl groups is 1. The number of halogens is 1. The number of phenols is 1. The molecule has 0 aliphatic carbocycles. The Balaban J connectivity index is 0.00000225. The van der Waals surface area contributed by atoms with Crippen LogP contribution in [0, 0.1) is 0 Å². The van der Waals surface area contributed by atoms with E-state index in [2.05, 4.69) is 10.5 Å². The van der Waals surface area contributed by atoms with Crippen molar-refractivity contribution in [3.8, 4) is 17.0 Å². The fourth-order valence-electron chi connectivity index (χ4n) is 2.62. The van der Waals surface area contributed by atoms with Gasteiger partial charge in [-0.2, -0.15) is 0 Å². The van der Waals surface area contributed by atoms with Crippen LogP contribution in [0.4, 0.5) is 10.1 Å². The van der Waals surface area contributed by atoms with Gasteiger partial charge in [0.15, 0.2) is 6.17 Å². The molecule has 0 spiro atoms. The van der Waals surface area contributed by atoms with Crippen molar-refractivity contribution >= 4 is 17.6 Å². The largest absolute Gasteiger partial charge is 1.00 e. The summed E-state index contributed by atoms with van der Waals surface area (Å²) >= 11 is 0. The van der Waals surface area contributed by atoms with E-state index in [1.807, 2.05) is 6.92 Å². The van der Waals surface area contributed by atoms with E-state index in [1.54, 1.807) is 16.7 Å². The smallest absolute Gasteiger partial charge is 1.00 e. The normalized spacial score (nSPS) is 11.5. The van der Waals surface area contributed by atoms with E-state index in [0.29, 0.717) is 17.8 Å². The first-order valence-corrected chi connectivity index (χ1v) is 8.50. The predicted molar refractivity (Wildman–Crippen MR) is 99.0 cm³/mol. The second kappa shape index (κ2) is 10.2. The number of aryl methyl sites for hydroxylation is 1. The van der Waals surface area contributed by atoms with Crippen LogP contribution in [-0.2, 0) is 17.8 Å². The van der Waals surface area contributed by atoms with E-state index in [9.17, 15) is 24.2 Å². The molecule has 0 bridgehead atoms. The Hall–Kier alpha value is -1.98. The van der Waals surface area contributed by atoms with Crippen LogP contribution >= 0.6 is 0 Å². The van der Waals surface area contributed by atoms with Crippen molar-refractivity contribution in [2.24, 2.45) is 0 Å². The van der Waals surface area contributed by atoms with Gasteiger partial charge in [0, 0.05) is 37.0 Å². The Labute approximate surface area is 209 Å². The van der Waals surface area contributed by atoms with Crippen molar-refractivity contribution in [2.75, 3.05) is 5.32 Å². The maximum atomic E-state index is 14.4. The number of rotatable bonds is 7. The molecule has 0 radical (unpaired) electrons. The zero-order valence-corrected chi connectivity index (χ0v) is 19.0. The van der Waals surface area contributed by atoms with Gasteiger partial charge in [0.1, 0.15) is 22.8 Å². The maximum Gasteiger partial charge on any atom is 1.00 e. The Bertz CT molecular complexity index is 1010. The van der Waals surface area contributed by atoms with Crippen molar-refractivity contribution in [3.63, 3.8) is 0 Å². The Kier molecular flexibility index (Phi) is 8.17. The molecule has 0 saturated carbocycles. The third-order valence-electron chi connectivity index (χ3n) is 4.12. The minimum atomic E-state index is -1.95. The molecule has 1 aromatic carbocycles. The van der Waals surface area contributed by atoms with Gasteiger partial charge in [0.2, 0.25) is 0 Å². The molecule has 29 heavy (non-hydrogen) atoms. The molecule has 1 amide bonds. The number of hydrogen-bond donors (Lipinski definition) is 3. The zero-order valence-electron chi connectivity index (χ0n) is 16.9. The molecular weight excluding hydrogens is 408 g/mol. The van der Waals surface area contributed by atoms with E-state index < -0.39 is 18.0 Å². The average Bonchev–Trinajstić information content (AvgIpc) is 3.29. The number of carboxylic acid groups (broad SMARTS) is 1. The van der Waals surface area contributed by atoms with Gasteiger partial charge in [-0.15, -0.1) is 0 Å². The fraction of sp³-hybridized carbons (Fsp3) is 0.211. The molecule has 0 aliphatic rings. The number of alkyl halides is 1. The molecule has 1 unspecified atom stereocenters. The van der Waals surface area contributed by atoms with E-state index >= 15 is 0 Å². The number of benzene rings is 1. The molecule has 8 nitrogen and oxygen atoms in total. The summed E-state index contributed by atoms with van der Waals surface area (Å²) in [5.74, 6) is -1.92. The summed E-state index contributed by atoms with van der Waals surface area (Å²) in [6.07, 6.45) is 0.498. The van der Waals surface area contributed by atoms with Crippen molar-refractivity contribution < 1.29 is 81.5 Å². The van der Waals surface area contributed by atoms with Crippen LogP contribution in [0.1, 0.15) is 24.5 Å². The summed E-state index contributed by atoms with van der Waals surface area (Å²) in [5.41, 5.74) is 1.02. The molecule has 0 fully saturated rings. The van der Waals surface area contributed by atoms with E-state index in [0.717, 1.165) is 0 Å². The SMILES string of the molecule is CCn1cc(NC(=O)C(F)Cc2cc(-c3ccc(O)cc3)no2)c(C(=O)O)c1.[H-].[K+]. The summed E-state index contributed by atoms with van der Waals surface area (Å²) in [5, 5.41) is 24.6. The number of aromatic nitrogens is 2. The van der Waals surface area contributed by atoms with Crippen LogP contribution in [0.15, 0.2) is 47.2 Å². The van der Waals surface area contributed by atoms with Gasteiger partial charge in [0.25, 0.3) is 5.91 Å². The molecule has 3 rings (SSSR count). The van der Waals surface area contributed by atoms with Gasteiger partial charge in [-0.1, -0.05) is 5.16 Å². The first-order chi connectivity index (χ1) is 13.4. The van der Waals surface area contributed by atoms with Gasteiger partial charge < -0.3 is 26.0 Å². The molecule has 2 aromatic heterocycles. The number of carbonyl (C=O) groups is 2. The zero-order chi connectivity index (χ0) is 20.3. The molecule has 3 N–H and O–H groups in total. The van der Waals surface area contributed by atoms with E-state index in [-0.39, 0.29) is 82.0 Å². The van der Waals surface area contributed by atoms with Crippen molar-refractivity contribution in [3.05, 3.63) is 54.0 Å². The number of phenolic OH excluding ortho intramolecular Hbond substituents is 1. The van der Waals surface area contributed by atoms with Crippen LogP contribution in [0.2, 0.25) is 0 Å². The summed E-state index contributed by atoms with van der Waals surface area (Å²) in [7, 11) is 0. The minimum absolute atomic E-state index is 0. The van der Waals surface area contributed by atoms with Gasteiger partial charge >= 0.3 is 57.4 Å². The quantitative estimate of drug-likeness (QED) is 0.464. The molecule has 3 aromatic rings. The second-order valence-electron chi connectivity index (χ2n) is 6.11. The van der Waals surface area contributed by atoms with Gasteiger partial charge in [-0.25, -0.2) is 9.18 Å². The number of amides is 1. The number of anilines is 1. The van der Waals surface area contributed by atoms with Crippen LogP contribution in [0.5, 0.6) is 5.75 Å². The summed E-state index contributed by atoms with van der Waals surface area (Å²) in [6, 6.07) is 7.72. The van der Waals surface area contributed by atoms with Crippen LogP contribution in [0.25, 0.3) is 11.3 Å². The standard InChI is InChI=1S/C19H18FN3O5.K.H/c1-2-23-9-14(19(26)27)17(10-23)21-18(25)15(20)7-13-8-16(22-28-13)11-3-5-12(24)6-4-11;;/h3-6,8-10,15,24H,2,7H2,1H3,(H,21,25)(H,26,27);;/q;+1;-1. The Morgan fingerprint density at radius 2 is 2.00 bits per heavy atom. The van der Waals surface area contributed by atoms with Crippen molar-refractivity contribution in [2.45, 2.75) is 26.1 Å². The molecule has 0 aliphatic heterocycles. The molecule has 1 atom stereocenters. The first-order valence-electron chi connectivity index (χ1n) is 8.50. The average molecular weight is 427 g/mol. The minimum Gasteiger partial charge on any atom is -1.00 e. The number of nitrogens with one attached hydrogen (secondary N) is 1. The summed E-state index contributed by atoms with van der Waals surface area (Å²) in [6.45, 7) is 2.32. The van der Waals surface area contributed by atoms with E-state index in [1.165, 1.54) is 30.6 Å². The molecule has 0 saturated heterocycles. The number of hydrogen-bond acceptors (Lipinski definition) is 5. The van der Waals surface area contributed by atoms with Crippen molar-refractivity contribution in [1.29, 1.82) is 0 Å². The van der Waals surface area contributed by atoms with Crippen molar-refractivity contribution in [1.82, 2.24) is 9.72 Å². The number of carboxylic acids is 1. The third-order valence-corrected chi connectivity index (χ3v) is 4.12. The van der Waals surface area contributed by atoms with Crippen LogP contribution in [0.3, 0.4) is 0 Å². The number of carbonyl (C=O) groups excluding carboxylic acids is 1. The Morgan fingerprint density at radius 3 is 2.62 bits per heavy atom. The third kappa shape index (κ3) is 5.77. The van der Waals surface area contributed by atoms with E-state index in [4.69, 9.17) is 4.52 Å². The molecule has 2 heterocycles. The molecular formula is C19H19FKN3O5. The predicted octanol–water partition coefficient (Wildman–Crippen LogP) is 0.203. The molecule has 10 heteroatoms. The second-order valence-corrected chi connectivity index (χ2v) is 6.11. The van der Waals surface area contributed by atoms with Crippen LogP contribution < -0.4 is 56.7 Å². The summed E-state index contributed by atoms with van der Waals surface area (Å²) < 4.78 is 21.0. The van der Waals surface area contributed by atoms with Gasteiger partial charge in [0.05, 0.1) is 5.69 Å².